The monoisotopic (exact) mass is 182 g/mol. The number of amides is 1. The van der Waals surface area contributed by atoms with E-state index >= 15 is 0 Å². The fraction of sp³-hybridized carbons (Fsp3) is 0.800. The van der Waals surface area contributed by atoms with Crippen LogP contribution in [-0.4, -0.2) is 12.5 Å². The van der Waals surface area contributed by atoms with Gasteiger partial charge in [-0.1, -0.05) is 20.8 Å². The zero-order chi connectivity index (χ0) is 10.4. The zero-order valence-electron chi connectivity index (χ0n) is 8.79. The van der Waals surface area contributed by atoms with Crippen molar-refractivity contribution in [2.24, 2.45) is 17.8 Å². The summed E-state index contributed by atoms with van der Waals surface area (Å²) in [7, 11) is 0. The average molecular weight is 182 g/mol. The van der Waals surface area contributed by atoms with Crippen LogP contribution in [0, 0.1) is 29.1 Å². The Morgan fingerprint density at radius 2 is 1.92 bits per heavy atom. The summed E-state index contributed by atoms with van der Waals surface area (Å²) < 4.78 is 0. The van der Waals surface area contributed by atoms with Gasteiger partial charge in [-0.05, 0) is 12.8 Å². The lowest BCUT2D eigenvalue weighted by molar-refractivity contribution is -0.125. The second-order valence-electron chi connectivity index (χ2n) is 3.81. The Labute approximate surface area is 80.1 Å². The fourth-order valence-corrected chi connectivity index (χ4v) is 0.763. The third-order valence-electron chi connectivity index (χ3n) is 2.22. The minimum absolute atomic E-state index is 0.0193. The summed E-state index contributed by atoms with van der Waals surface area (Å²) in [5, 5.41) is 11.2. The average Bonchev–Trinajstić information content (AvgIpc) is 2.11. The van der Waals surface area contributed by atoms with Crippen molar-refractivity contribution >= 4 is 5.91 Å². The van der Waals surface area contributed by atoms with Crippen LogP contribution in [0.1, 0.15) is 27.7 Å². The third-order valence-corrected chi connectivity index (χ3v) is 2.22. The molecule has 0 aliphatic carbocycles. The molecule has 0 aromatic rings. The molecular weight excluding hydrogens is 164 g/mol. The molecule has 0 aromatic heterocycles. The summed E-state index contributed by atoms with van der Waals surface area (Å²) in [5.74, 6) is 0.295. The van der Waals surface area contributed by atoms with Gasteiger partial charge in [0.2, 0.25) is 5.91 Å². The Kier molecular flexibility index (Phi) is 5.13. The van der Waals surface area contributed by atoms with E-state index < -0.39 is 0 Å². The lowest BCUT2D eigenvalue weighted by Crippen LogP contribution is -2.34. The van der Waals surface area contributed by atoms with Gasteiger partial charge in [-0.2, -0.15) is 5.26 Å². The minimum Gasteiger partial charge on any atom is -0.355 e. The van der Waals surface area contributed by atoms with Gasteiger partial charge in [0, 0.05) is 12.5 Å². The van der Waals surface area contributed by atoms with Gasteiger partial charge in [0.15, 0.2) is 0 Å². The Morgan fingerprint density at radius 1 is 1.38 bits per heavy atom. The summed E-state index contributed by atoms with van der Waals surface area (Å²) >= 11 is 0. The topological polar surface area (TPSA) is 52.9 Å². The second kappa shape index (κ2) is 5.58. The van der Waals surface area contributed by atoms with E-state index in [1.165, 1.54) is 0 Å². The summed E-state index contributed by atoms with van der Waals surface area (Å²) in [4.78, 5) is 11.4. The van der Waals surface area contributed by atoms with Gasteiger partial charge in [-0.3, -0.25) is 4.79 Å². The van der Waals surface area contributed by atoms with Crippen LogP contribution < -0.4 is 5.32 Å². The zero-order valence-corrected chi connectivity index (χ0v) is 8.79. The quantitative estimate of drug-likeness (QED) is 0.717. The van der Waals surface area contributed by atoms with Gasteiger partial charge in [0.25, 0.3) is 0 Å². The van der Waals surface area contributed by atoms with E-state index in [1.54, 1.807) is 6.92 Å². The van der Waals surface area contributed by atoms with E-state index in [0.717, 1.165) is 0 Å². The minimum atomic E-state index is -0.108. The molecule has 0 aliphatic rings. The third kappa shape index (κ3) is 4.51. The molecular formula is C10H18N2O. The van der Waals surface area contributed by atoms with Crippen LogP contribution in [-0.2, 0) is 4.79 Å². The molecule has 1 amide bonds. The Bertz CT molecular complexity index is 205. The molecule has 0 spiro atoms. The highest BCUT2D eigenvalue weighted by molar-refractivity contribution is 5.78. The van der Waals surface area contributed by atoms with Crippen LogP contribution >= 0.6 is 0 Å². The fourth-order valence-electron chi connectivity index (χ4n) is 0.763. The summed E-state index contributed by atoms with van der Waals surface area (Å²) in [6.45, 7) is 8.17. The van der Waals surface area contributed by atoms with Crippen molar-refractivity contribution in [2.75, 3.05) is 6.54 Å². The molecule has 3 heteroatoms. The van der Waals surface area contributed by atoms with Crippen molar-refractivity contribution in [1.29, 1.82) is 5.26 Å². The molecule has 0 saturated heterocycles. The summed E-state index contributed by atoms with van der Waals surface area (Å²) in [6.07, 6.45) is 0. The molecule has 2 atom stereocenters. The Morgan fingerprint density at radius 3 is 2.31 bits per heavy atom. The SMILES string of the molecule is CC(C#N)CNC(=O)C(C)C(C)C. The number of carbonyl (C=O) groups excluding carboxylic acids is 1. The number of nitrogens with one attached hydrogen (secondary N) is 1. The lowest BCUT2D eigenvalue weighted by Gasteiger charge is -2.15. The van der Waals surface area contributed by atoms with Gasteiger partial charge in [0.05, 0.1) is 12.0 Å². The van der Waals surface area contributed by atoms with E-state index in [1.807, 2.05) is 20.8 Å². The number of hydrogen-bond acceptors (Lipinski definition) is 2. The van der Waals surface area contributed by atoms with E-state index in [4.69, 9.17) is 5.26 Å². The van der Waals surface area contributed by atoms with Crippen molar-refractivity contribution < 1.29 is 4.79 Å². The van der Waals surface area contributed by atoms with Crippen LogP contribution in [0.5, 0.6) is 0 Å². The molecule has 0 rings (SSSR count). The van der Waals surface area contributed by atoms with Crippen molar-refractivity contribution in [3.05, 3.63) is 0 Å². The van der Waals surface area contributed by atoms with Crippen molar-refractivity contribution in [1.82, 2.24) is 5.32 Å². The van der Waals surface area contributed by atoms with E-state index in [9.17, 15) is 4.79 Å². The normalized spacial score (nSPS) is 14.8. The molecule has 0 aromatic carbocycles. The van der Waals surface area contributed by atoms with Crippen LogP contribution in [0.4, 0.5) is 0 Å². The number of carbonyl (C=O) groups is 1. The van der Waals surface area contributed by atoms with Gasteiger partial charge >= 0.3 is 0 Å². The summed E-state index contributed by atoms with van der Waals surface area (Å²) in [5.41, 5.74) is 0. The van der Waals surface area contributed by atoms with Crippen molar-refractivity contribution in [3.8, 4) is 6.07 Å². The van der Waals surface area contributed by atoms with Crippen molar-refractivity contribution in [2.45, 2.75) is 27.7 Å². The summed E-state index contributed by atoms with van der Waals surface area (Å²) in [6, 6.07) is 2.07. The first-order valence-corrected chi connectivity index (χ1v) is 4.66. The number of nitrogens with zero attached hydrogens (tertiary/aromatic N) is 1. The molecule has 3 nitrogen and oxygen atoms in total. The molecule has 0 heterocycles. The van der Waals surface area contributed by atoms with Crippen LogP contribution in [0.3, 0.4) is 0 Å². The highest BCUT2D eigenvalue weighted by Crippen LogP contribution is 2.09. The molecule has 0 radical (unpaired) electrons. The van der Waals surface area contributed by atoms with E-state index in [-0.39, 0.29) is 17.7 Å². The number of hydrogen-bond donors (Lipinski definition) is 1. The molecule has 13 heavy (non-hydrogen) atoms. The van der Waals surface area contributed by atoms with Gasteiger partial charge in [-0.15, -0.1) is 0 Å². The maximum atomic E-state index is 11.4. The molecule has 0 aliphatic heterocycles. The second-order valence-corrected chi connectivity index (χ2v) is 3.81. The number of nitriles is 1. The molecule has 1 N–H and O–H groups in total. The molecule has 74 valence electrons. The van der Waals surface area contributed by atoms with Crippen LogP contribution in [0.25, 0.3) is 0 Å². The van der Waals surface area contributed by atoms with Gasteiger partial charge in [0.1, 0.15) is 0 Å². The van der Waals surface area contributed by atoms with Crippen LogP contribution in [0.2, 0.25) is 0 Å². The van der Waals surface area contributed by atoms with Gasteiger partial charge in [-0.25, -0.2) is 0 Å². The maximum absolute atomic E-state index is 11.4. The Hall–Kier alpha value is -1.04. The first kappa shape index (κ1) is 12.0. The predicted molar refractivity (Wildman–Crippen MR) is 51.8 cm³/mol. The first-order valence-electron chi connectivity index (χ1n) is 4.66. The standard InChI is InChI=1S/C10H18N2O/c1-7(2)9(4)10(13)12-6-8(3)5-11/h7-9H,6H2,1-4H3,(H,12,13). The molecule has 0 saturated carbocycles. The highest BCUT2D eigenvalue weighted by Gasteiger charge is 2.16. The lowest BCUT2D eigenvalue weighted by atomic mass is 9.97. The van der Waals surface area contributed by atoms with E-state index in [0.29, 0.717) is 12.5 Å². The van der Waals surface area contributed by atoms with Crippen LogP contribution in [0.15, 0.2) is 0 Å². The number of rotatable bonds is 4. The molecule has 0 bridgehead atoms. The largest absolute Gasteiger partial charge is 0.355 e. The maximum Gasteiger partial charge on any atom is 0.223 e. The smallest absolute Gasteiger partial charge is 0.223 e. The first-order chi connectivity index (χ1) is 5.99. The van der Waals surface area contributed by atoms with Gasteiger partial charge < -0.3 is 5.32 Å². The molecule has 2 unspecified atom stereocenters. The Balaban J connectivity index is 3.83. The van der Waals surface area contributed by atoms with E-state index in [2.05, 4.69) is 11.4 Å². The predicted octanol–water partition coefficient (Wildman–Crippen LogP) is 1.55. The highest BCUT2D eigenvalue weighted by atomic mass is 16.1. The van der Waals surface area contributed by atoms with Crippen molar-refractivity contribution in [3.63, 3.8) is 0 Å². The molecule has 0 fully saturated rings.